The van der Waals surface area contributed by atoms with Gasteiger partial charge in [-0.3, -0.25) is 0 Å². The molecule has 4 rings (SSSR count). The fraction of sp³-hybridized carbons (Fsp3) is 0.233. The quantitative estimate of drug-likeness (QED) is 0.384. The van der Waals surface area contributed by atoms with Crippen LogP contribution in [0.5, 0.6) is 0 Å². The monoisotopic (exact) mass is 438 g/mol. The van der Waals surface area contributed by atoms with Crippen molar-refractivity contribution < 1.29 is 14.6 Å². The summed E-state index contributed by atoms with van der Waals surface area (Å²) in [5, 5.41) is 11.3. The molecule has 0 aromatic heterocycles. The predicted molar refractivity (Wildman–Crippen MR) is 133 cm³/mol. The molecule has 2 atom stereocenters. The predicted octanol–water partition coefficient (Wildman–Crippen LogP) is 7.02. The lowest BCUT2D eigenvalue weighted by Gasteiger charge is -2.38. The number of esters is 1. The van der Waals surface area contributed by atoms with E-state index in [4.69, 9.17) is 4.74 Å². The topological polar surface area (TPSA) is 46.5 Å². The van der Waals surface area contributed by atoms with Gasteiger partial charge >= 0.3 is 5.97 Å². The molecule has 33 heavy (non-hydrogen) atoms. The van der Waals surface area contributed by atoms with E-state index in [1.165, 1.54) is 0 Å². The minimum atomic E-state index is -0.731. The normalized spacial score (nSPS) is 19.5. The lowest BCUT2D eigenvalue weighted by Crippen LogP contribution is -2.43. The minimum Gasteiger partial charge on any atom is -0.512 e. The van der Waals surface area contributed by atoms with Crippen LogP contribution in [0.15, 0.2) is 108 Å². The van der Waals surface area contributed by atoms with Crippen LogP contribution < -0.4 is 0 Å². The highest BCUT2D eigenvalue weighted by Crippen LogP contribution is 2.41. The van der Waals surface area contributed by atoms with Crippen LogP contribution in [0, 0.1) is 0 Å². The van der Waals surface area contributed by atoms with E-state index < -0.39 is 17.5 Å². The third-order valence-electron chi connectivity index (χ3n) is 6.15. The van der Waals surface area contributed by atoms with Crippen molar-refractivity contribution in [1.82, 2.24) is 0 Å². The third kappa shape index (κ3) is 5.43. The Labute approximate surface area is 196 Å². The summed E-state index contributed by atoms with van der Waals surface area (Å²) >= 11 is 0. The van der Waals surface area contributed by atoms with Gasteiger partial charge in [-0.05, 0) is 23.1 Å². The molecule has 3 aromatic carbocycles. The molecule has 1 aliphatic rings. The number of aliphatic hydroxyl groups excluding tert-OH is 1. The highest BCUT2D eigenvalue weighted by molar-refractivity contribution is 5.93. The van der Waals surface area contributed by atoms with E-state index in [0.717, 1.165) is 23.1 Å². The van der Waals surface area contributed by atoms with E-state index in [0.29, 0.717) is 24.8 Å². The summed E-state index contributed by atoms with van der Waals surface area (Å²) in [6, 6.07) is 29.8. The molecule has 0 fully saturated rings. The standard InChI is InChI=1S/C30H30O3/c1-2-20-30(21-24-14-8-4-9-15-24)22-27(31)28(29(32)33-30)26(25-16-10-5-11-17-25)19-18-23-12-6-3-7-13-23/h3-19,26,31H,2,20-22H2,1H3. The average Bonchev–Trinajstić information content (AvgIpc) is 2.83. The zero-order valence-electron chi connectivity index (χ0n) is 19.0. The van der Waals surface area contributed by atoms with Crippen LogP contribution >= 0.6 is 0 Å². The zero-order valence-corrected chi connectivity index (χ0v) is 19.0. The van der Waals surface area contributed by atoms with Gasteiger partial charge in [0.2, 0.25) is 0 Å². The Hall–Kier alpha value is -3.59. The number of hydrogen-bond donors (Lipinski definition) is 1. The van der Waals surface area contributed by atoms with Crippen LogP contribution in [-0.4, -0.2) is 16.7 Å². The van der Waals surface area contributed by atoms with Gasteiger partial charge in [0.05, 0.1) is 5.57 Å². The maximum atomic E-state index is 13.4. The summed E-state index contributed by atoms with van der Waals surface area (Å²) in [5.41, 5.74) is 2.67. The van der Waals surface area contributed by atoms with E-state index in [-0.39, 0.29) is 5.76 Å². The SMILES string of the molecule is CCCC1(Cc2ccccc2)CC(O)=C(C(C=Cc2ccccc2)c2ccccc2)C(=O)O1. The second kappa shape index (κ2) is 10.4. The highest BCUT2D eigenvalue weighted by atomic mass is 16.6. The Kier molecular flexibility index (Phi) is 7.09. The Balaban J connectivity index is 1.71. The largest absolute Gasteiger partial charge is 0.512 e. The molecule has 3 nitrogen and oxygen atoms in total. The summed E-state index contributed by atoms with van der Waals surface area (Å²) in [6.45, 7) is 2.08. The van der Waals surface area contributed by atoms with Gasteiger partial charge < -0.3 is 9.84 Å². The number of aliphatic hydroxyl groups is 1. The van der Waals surface area contributed by atoms with Crippen molar-refractivity contribution in [2.24, 2.45) is 0 Å². The molecule has 3 aromatic rings. The fourth-order valence-corrected chi connectivity index (χ4v) is 4.67. The maximum absolute atomic E-state index is 13.4. The molecule has 1 aliphatic heterocycles. The molecule has 0 saturated carbocycles. The van der Waals surface area contributed by atoms with Gasteiger partial charge in [0.25, 0.3) is 0 Å². The molecule has 168 valence electrons. The van der Waals surface area contributed by atoms with Gasteiger partial charge in [0, 0.05) is 18.8 Å². The van der Waals surface area contributed by atoms with Gasteiger partial charge in [-0.15, -0.1) is 0 Å². The number of carbonyl (C=O) groups excluding carboxylic acids is 1. The highest BCUT2D eigenvalue weighted by Gasteiger charge is 2.43. The first-order valence-electron chi connectivity index (χ1n) is 11.6. The van der Waals surface area contributed by atoms with E-state index in [1.54, 1.807) is 0 Å². The number of benzene rings is 3. The molecule has 0 spiro atoms. The Morgan fingerprint density at radius 1 is 0.939 bits per heavy atom. The summed E-state index contributed by atoms with van der Waals surface area (Å²) in [4.78, 5) is 13.4. The van der Waals surface area contributed by atoms with Crippen LogP contribution in [0.2, 0.25) is 0 Å². The molecule has 3 heteroatoms. The minimum absolute atomic E-state index is 0.127. The first-order valence-corrected chi connectivity index (χ1v) is 11.6. The lowest BCUT2D eigenvalue weighted by molar-refractivity contribution is -0.160. The molecular weight excluding hydrogens is 408 g/mol. The maximum Gasteiger partial charge on any atom is 0.338 e. The van der Waals surface area contributed by atoms with Gasteiger partial charge in [0.15, 0.2) is 0 Å². The number of rotatable bonds is 8. The smallest absolute Gasteiger partial charge is 0.338 e. The second-order valence-corrected chi connectivity index (χ2v) is 8.68. The molecule has 0 bridgehead atoms. The van der Waals surface area contributed by atoms with Crippen molar-refractivity contribution in [3.05, 3.63) is 125 Å². The fourth-order valence-electron chi connectivity index (χ4n) is 4.67. The van der Waals surface area contributed by atoms with E-state index >= 15 is 0 Å². The van der Waals surface area contributed by atoms with E-state index in [9.17, 15) is 9.90 Å². The van der Waals surface area contributed by atoms with E-state index in [1.807, 2.05) is 103 Å². The van der Waals surface area contributed by atoms with Gasteiger partial charge in [-0.25, -0.2) is 4.79 Å². The summed E-state index contributed by atoms with van der Waals surface area (Å²) in [6.07, 6.45) is 6.42. The van der Waals surface area contributed by atoms with Gasteiger partial charge in [-0.2, -0.15) is 0 Å². The zero-order chi connectivity index (χ0) is 23.1. The van der Waals surface area contributed by atoms with Gasteiger partial charge in [-0.1, -0.05) is 116 Å². The molecule has 0 saturated heterocycles. The molecule has 1 N–H and O–H groups in total. The van der Waals surface area contributed by atoms with Crippen molar-refractivity contribution in [2.45, 2.75) is 44.1 Å². The summed E-state index contributed by atoms with van der Waals surface area (Å²) < 4.78 is 6.17. The first kappa shape index (κ1) is 22.6. The van der Waals surface area contributed by atoms with Crippen LogP contribution in [0.4, 0.5) is 0 Å². The van der Waals surface area contributed by atoms with Crippen LogP contribution in [0.25, 0.3) is 6.08 Å². The lowest BCUT2D eigenvalue weighted by atomic mass is 9.80. The number of carbonyl (C=O) groups is 1. The van der Waals surface area contributed by atoms with Gasteiger partial charge in [0.1, 0.15) is 11.4 Å². The summed E-state index contributed by atoms with van der Waals surface area (Å²) in [7, 11) is 0. The molecule has 1 heterocycles. The molecule has 0 radical (unpaired) electrons. The number of allylic oxidation sites excluding steroid dienone is 1. The number of hydrogen-bond acceptors (Lipinski definition) is 3. The Bertz CT molecular complexity index is 1120. The Morgan fingerprint density at radius 3 is 2.15 bits per heavy atom. The summed E-state index contributed by atoms with van der Waals surface area (Å²) in [5.74, 6) is -0.702. The first-order chi connectivity index (χ1) is 16.1. The van der Waals surface area contributed by atoms with E-state index in [2.05, 4.69) is 6.92 Å². The van der Waals surface area contributed by atoms with Crippen LogP contribution in [0.3, 0.4) is 0 Å². The molecule has 0 aliphatic carbocycles. The second-order valence-electron chi connectivity index (χ2n) is 8.68. The van der Waals surface area contributed by atoms with Crippen molar-refractivity contribution in [3.8, 4) is 0 Å². The molecular formula is C30H30O3. The van der Waals surface area contributed by atoms with Crippen molar-refractivity contribution in [2.75, 3.05) is 0 Å². The van der Waals surface area contributed by atoms with Crippen LogP contribution in [-0.2, 0) is 16.0 Å². The molecule has 0 amide bonds. The molecule has 2 unspecified atom stereocenters. The third-order valence-corrected chi connectivity index (χ3v) is 6.15. The number of cyclic esters (lactones) is 1. The van der Waals surface area contributed by atoms with Crippen molar-refractivity contribution in [3.63, 3.8) is 0 Å². The average molecular weight is 439 g/mol. The van der Waals surface area contributed by atoms with Crippen molar-refractivity contribution in [1.29, 1.82) is 0 Å². The van der Waals surface area contributed by atoms with Crippen molar-refractivity contribution >= 4 is 12.0 Å². The Morgan fingerprint density at radius 2 is 1.55 bits per heavy atom. The van der Waals surface area contributed by atoms with Crippen LogP contribution in [0.1, 0.15) is 48.8 Å². The number of ether oxygens (including phenoxy) is 1.